The topological polar surface area (TPSA) is 66.5 Å². The molecule has 0 aromatic heterocycles. The molecular formula is C16H16Cl2N2O3S. The predicted octanol–water partition coefficient (Wildman–Crippen LogP) is 3.64. The highest BCUT2D eigenvalue weighted by molar-refractivity contribution is 7.92. The molecule has 0 aliphatic rings. The first-order valence-corrected chi connectivity index (χ1v) is 9.58. The molecule has 0 radical (unpaired) electrons. The summed E-state index contributed by atoms with van der Waals surface area (Å²) in [4.78, 5) is 14.1. The number of hydrogen-bond donors (Lipinski definition) is 1. The summed E-state index contributed by atoms with van der Waals surface area (Å²) in [5.41, 5.74) is 1.42. The van der Waals surface area contributed by atoms with Gasteiger partial charge in [-0.25, -0.2) is 8.42 Å². The van der Waals surface area contributed by atoms with Crippen LogP contribution in [0.2, 0.25) is 10.0 Å². The van der Waals surface area contributed by atoms with E-state index in [0.29, 0.717) is 11.6 Å². The molecule has 0 bridgehead atoms. The smallest absolute Gasteiger partial charge is 0.255 e. The van der Waals surface area contributed by atoms with Gasteiger partial charge < -0.3 is 4.90 Å². The number of benzene rings is 2. The number of rotatable bonds is 5. The van der Waals surface area contributed by atoms with Gasteiger partial charge in [-0.2, -0.15) is 0 Å². The molecule has 0 aliphatic carbocycles. The van der Waals surface area contributed by atoms with E-state index in [9.17, 15) is 13.2 Å². The summed E-state index contributed by atoms with van der Waals surface area (Å²) in [6.07, 6.45) is 1.04. The minimum Gasteiger partial charge on any atom is -0.337 e. The second-order valence-electron chi connectivity index (χ2n) is 5.36. The molecule has 0 heterocycles. The lowest BCUT2D eigenvalue weighted by Gasteiger charge is -2.18. The van der Waals surface area contributed by atoms with E-state index in [4.69, 9.17) is 23.2 Å². The summed E-state index contributed by atoms with van der Waals surface area (Å²) in [6, 6.07) is 11.6. The number of carbonyl (C=O) groups is 1. The standard InChI is InChI=1S/C16H16Cl2N2O3S/c1-20(10-11-3-5-12(17)6-4-11)16(21)14-9-13(7-8-15(14)18)19-24(2,22)23/h3-9,19H,10H2,1-2H3. The zero-order chi connectivity index (χ0) is 17.9. The van der Waals surface area contributed by atoms with Gasteiger partial charge in [0.15, 0.2) is 0 Å². The molecule has 2 aromatic rings. The first kappa shape index (κ1) is 18.6. The van der Waals surface area contributed by atoms with Crippen molar-refractivity contribution >= 4 is 44.8 Å². The summed E-state index contributed by atoms with van der Waals surface area (Å²) >= 11 is 11.9. The Bertz CT molecular complexity index is 852. The number of anilines is 1. The van der Waals surface area contributed by atoms with Crippen LogP contribution in [-0.4, -0.2) is 32.5 Å². The zero-order valence-corrected chi connectivity index (χ0v) is 15.4. The molecule has 0 saturated carbocycles. The molecule has 5 nitrogen and oxygen atoms in total. The van der Waals surface area contributed by atoms with Crippen LogP contribution in [-0.2, 0) is 16.6 Å². The van der Waals surface area contributed by atoms with E-state index in [0.717, 1.165) is 11.8 Å². The molecule has 24 heavy (non-hydrogen) atoms. The molecule has 1 amide bonds. The molecule has 128 valence electrons. The molecule has 0 unspecified atom stereocenters. The maximum Gasteiger partial charge on any atom is 0.255 e. The average molecular weight is 387 g/mol. The molecule has 2 aromatic carbocycles. The third kappa shape index (κ3) is 5.12. The molecule has 0 atom stereocenters. The average Bonchev–Trinajstić information content (AvgIpc) is 2.49. The van der Waals surface area contributed by atoms with E-state index in [1.54, 1.807) is 19.2 Å². The lowest BCUT2D eigenvalue weighted by atomic mass is 10.1. The summed E-state index contributed by atoms with van der Waals surface area (Å²) in [5, 5.41) is 0.873. The SMILES string of the molecule is CN(Cc1ccc(Cl)cc1)C(=O)c1cc(NS(C)(=O)=O)ccc1Cl. The lowest BCUT2D eigenvalue weighted by molar-refractivity contribution is 0.0785. The van der Waals surface area contributed by atoms with E-state index in [-0.39, 0.29) is 22.2 Å². The Kier molecular flexibility index (Phi) is 5.74. The van der Waals surface area contributed by atoms with Gasteiger partial charge in [0.1, 0.15) is 0 Å². The molecule has 0 aliphatic heterocycles. The predicted molar refractivity (Wildman–Crippen MR) is 97.2 cm³/mol. The Hall–Kier alpha value is -1.76. The van der Waals surface area contributed by atoms with Crippen molar-refractivity contribution in [3.8, 4) is 0 Å². The molecule has 8 heteroatoms. The van der Waals surface area contributed by atoms with Crippen LogP contribution in [0.3, 0.4) is 0 Å². The van der Waals surface area contributed by atoms with Crippen LogP contribution in [0.15, 0.2) is 42.5 Å². The normalized spacial score (nSPS) is 11.2. The van der Waals surface area contributed by atoms with E-state index in [1.165, 1.54) is 23.1 Å². The van der Waals surface area contributed by atoms with E-state index in [1.807, 2.05) is 12.1 Å². The highest BCUT2D eigenvalue weighted by Gasteiger charge is 2.17. The number of nitrogens with one attached hydrogen (secondary N) is 1. The van der Waals surface area contributed by atoms with Gasteiger partial charge in [-0.1, -0.05) is 35.3 Å². The highest BCUT2D eigenvalue weighted by atomic mass is 35.5. The zero-order valence-electron chi connectivity index (χ0n) is 13.1. The van der Waals surface area contributed by atoms with Crippen LogP contribution in [0.4, 0.5) is 5.69 Å². The van der Waals surface area contributed by atoms with Crippen molar-refractivity contribution in [2.45, 2.75) is 6.54 Å². The van der Waals surface area contributed by atoms with Crippen molar-refractivity contribution in [2.75, 3.05) is 18.0 Å². The maximum absolute atomic E-state index is 12.6. The van der Waals surface area contributed by atoms with Crippen molar-refractivity contribution in [3.05, 3.63) is 63.6 Å². The first-order chi connectivity index (χ1) is 11.2. The van der Waals surface area contributed by atoms with Crippen LogP contribution < -0.4 is 4.72 Å². The highest BCUT2D eigenvalue weighted by Crippen LogP contribution is 2.23. The number of hydrogen-bond acceptors (Lipinski definition) is 3. The molecule has 2 rings (SSSR count). The largest absolute Gasteiger partial charge is 0.337 e. The molecule has 0 spiro atoms. The third-order valence-corrected chi connectivity index (χ3v) is 4.37. The van der Waals surface area contributed by atoms with Crippen LogP contribution in [0, 0.1) is 0 Å². The van der Waals surface area contributed by atoms with Crippen LogP contribution in [0.25, 0.3) is 0 Å². The number of nitrogens with zero attached hydrogens (tertiary/aromatic N) is 1. The third-order valence-electron chi connectivity index (χ3n) is 3.18. The number of sulfonamides is 1. The van der Waals surface area contributed by atoms with Crippen LogP contribution >= 0.6 is 23.2 Å². The van der Waals surface area contributed by atoms with Gasteiger partial charge in [-0.3, -0.25) is 9.52 Å². The fraction of sp³-hybridized carbons (Fsp3) is 0.188. The van der Waals surface area contributed by atoms with Gasteiger partial charge in [0.05, 0.1) is 16.8 Å². The van der Waals surface area contributed by atoms with Crippen molar-refractivity contribution in [1.82, 2.24) is 4.90 Å². The Balaban J connectivity index is 2.21. The maximum atomic E-state index is 12.6. The molecular weight excluding hydrogens is 371 g/mol. The number of amides is 1. The van der Waals surface area contributed by atoms with Crippen LogP contribution in [0.5, 0.6) is 0 Å². The second-order valence-corrected chi connectivity index (χ2v) is 7.95. The number of halogens is 2. The molecule has 0 saturated heterocycles. The van der Waals surface area contributed by atoms with Crippen molar-refractivity contribution in [3.63, 3.8) is 0 Å². The minimum absolute atomic E-state index is 0.224. The number of carbonyl (C=O) groups excluding carboxylic acids is 1. The van der Waals surface area contributed by atoms with Gasteiger partial charge in [-0.15, -0.1) is 0 Å². The summed E-state index contributed by atoms with van der Waals surface area (Å²) in [7, 11) is -1.79. The van der Waals surface area contributed by atoms with E-state index < -0.39 is 10.0 Å². The van der Waals surface area contributed by atoms with Gasteiger partial charge in [0.25, 0.3) is 5.91 Å². The van der Waals surface area contributed by atoms with Gasteiger partial charge in [-0.05, 0) is 35.9 Å². The van der Waals surface area contributed by atoms with E-state index >= 15 is 0 Å². The first-order valence-electron chi connectivity index (χ1n) is 6.93. The van der Waals surface area contributed by atoms with Crippen molar-refractivity contribution < 1.29 is 13.2 Å². The molecule has 1 N–H and O–H groups in total. The fourth-order valence-corrected chi connectivity index (χ4v) is 2.99. The Morgan fingerprint density at radius 1 is 1.12 bits per heavy atom. The Morgan fingerprint density at radius 3 is 2.33 bits per heavy atom. The minimum atomic E-state index is -3.44. The monoisotopic (exact) mass is 386 g/mol. The van der Waals surface area contributed by atoms with E-state index in [2.05, 4.69) is 4.72 Å². The van der Waals surface area contributed by atoms with Crippen molar-refractivity contribution in [2.24, 2.45) is 0 Å². The lowest BCUT2D eigenvalue weighted by Crippen LogP contribution is -2.26. The van der Waals surface area contributed by atoms with Gasteiger partial charge >= 0.3 is 0 Å². The summed E-state index contributed by atoms with van der Waals surface area (Å²) < 4.78 is 25.0. The Morgan fingerprint density at radius 2 is 1.75 bits per heavy atom. The summed E-state index contributed by atoms with van der Waals surface area (Å²) in [6.45, 7) is 0.371. The second kappa shape index (κ2) is 7.42. The Labute approximate surface area is 151 Å². The quantitative estimate of drug-likeness (QED) is 0.852. The summed E-state index contributed by atoms with van der Waals surface area (Å²) in [5.74, 6) is -0.313. The van der Waals surface area contributed by atoms with Gasteiger partial charge in [0.2, 0.25) is 10.0 Å². The fourth-order valence-electron chi connectivity index (χ4n) is 2.11. The van der Waals surface area contributed by atoms with Gasteiger partial charge in [0, 0.05) is 24.3 Å². The van der Waals surface area contributed by atoms with Crippen LogP contribution in [0.1, 0.15) is 15.9 Å². The molecule has 0 fully saturated rings. The van der Waals surface area contributed by atoms with Crippen molar-refractivity contribution in [1.29, 1.82) is 0 Å².